The number of ether oxygens (including phenoxy) is 1. The fourth-order valence-electron chi connectivity index (χ4n) is 3.27. The van der Waals surface area contributed by atoms with Gasteiger partial charge in [0, 0.05) is 29.7 Å². The summed E-state index contributed by atoms with van der Waals surface area (Å²) in [4.78, 5) is 17.2. The molecule has 146 valence electrons. The molecule has 1 aliphatic heterocycles. The number of benzene rings is 1. The lowest BCUT2D eigenvalue weighted by Crippen LogP contribution is -2.17. The first-order valence-electron chi connectivity index (χ1n) is 8.81. The lowest BCUT2D eigenvalue weighted by Gasteiger charge is -2.21. The van der Waals surface area contributed by atoms with Crippen molar-refractivity contribution in [3.63, 3.8) is 0 Å². The van der Waals surface area contributed by atoms with Crippen molar-refractivity contribution in [1.29, 1.82) is 0 Å². The van der Waals surface area contributed by atoms with Gasteiger partial charge in [-0.05, 0) is 38.0 Å². The van der Waals surface area contributed by atoms with Crippen LogP contribution in [-0.2, 0) is 4.74 Å². The topological polar surface area (TPSA) is 60.8 Å². The van der Waals surface area contributed by atoms with Gasteiger partial charge in [-0.15, -0.1) is 0 Å². The summed E-state index contributed by atoms with van der Waals surface area (Å²) in [7, 11) is 0. The van der Waals surface area contributed by atoms with E-state index in [1.165, 1.54) is 19.1 Å². The monoisotopic (exact) mass is 408 g/mol. The first-order chi connectivity index (χ1) is 13.4. The van der Waals surface area contributed by atoms with E-state index in [1.54, 1.807) is 0 Å². The van der Waals surface area contributed by atoms with Crippen LogP contribution in [0.4, 0.5) is 13.2 Å². The summed E-state index contributed by atoms with van der Waals surface area (Å²) in [6.45, 7) is 2.60. The molecular formula is C19H16ClF3N4O. The first kappa shape index (κ1) is 19.0. The Hall–Kier alpha value is -2.32. The smallest absolute Gasteiger partial charge is 0.282 e. The highest BCUT2D eigenvalue weighted by molar-refractivity contribution is 6.30. The highest BCUT2D eigenvalue weighted by atomic mass is 35.5. The molecule has 3 heterocycles. The molecule has 4 rings (SSSR count). The molecule has 0 amide bonds. The molecule has 28 heavy (non-hydrogen) atoms. The number of hydrogen-bond acceptors (Lipinski definition) is 5. The van der Waals surface area contributed by atoms with Crippen LogP contribution < -0.4 is 0 Å². The van der Waals surface area contributed by atoms with E-state index in [4.69, 9.17) is 16.3 Å². The van der Waals surface area contributed by atoms with Gasteiger partial charge in [0.15, 0.2) is 5.65 Å². The second-order valence-corrected chi connectivity index (χ2v) is 7.04. The molecule has 0 atom stereocenters. The molecule has 3 aromatic rings. The maximum Gasteiger partial charge on any atom is 0.282 e. The zero-order valence-electron chi connectivity index (χ0n) is 14.9. The Morgan fingerprint density at radius 3 is 2.54 bits per heavy atom. The molecule has 0 saturated carbocycles. The van der Waals surface area contributed by atoms with Crippen LogP contribution in [0.1, 0.15) is 42.4 Å². The number of nitrogens with zero attached hydrogens (tertiary/aromatic N) is 4. The van der Waals surface area contributed by atoms with Gasteiger partial charge >= 0.3 is 0 Å². The Morgan fingerprint density at radius 1 is 1.11 bits per heavy atom. The molecule has 0 N–H and O–H groups in total. The largest absolute Gasteiger partial charge is 0.381 e. The first-order valence-corrected chi connectivity index (χ1v) is 9.19. The summed E-state index contributed by atoms with van der Waals surface area (Å²) in [5.74, 6) is -0.116. The lowest BCUT2D eigenvalue weighted by molar-refractivity contribution is 0.0836. The Bertz CT molecular complexity index is 1040. The molecule has 9 heteroatoms. The number of fused-ring (bicyclic) bond motifs is 1. The van der Waals surface area contributed by atoms with Gasteiger partial charge in [0.05, 0.1) is 5.69 Å². The molecule has 0 bridgehead atoms. The van der Waals surface area contributed by atoms with E-state index in [-0.39, 0.29) is 39.1 Å². The Labute approximate surface area is 164 Å². The van der Waals surface area contributed by atoms with E-state index in [0.29, 0.717) is 19.0 Å². The molecule has 1 fully saturated rings. The number of alkyl halides is 2. The van der Waals surface area contributed by atoms with Crippen molar-refractivity contribution < 1.29 is 17.9 Å². The normalized spacial score (nSPS) is 15.5. The number of aryl methyl sites for hydroxylation is 1. The minimum atomic E-state index is -2.81. The number of aromatic nitrogens is 4. The summed E-state index contributed by atoms with van der Waals surface area (Å²) in [5, 5.41) is 0.222. The third-order valence-electron chi connectivity index (χ3n) is 4.74. The van der Waals surface area contributed by atoms with Gasteiger partial charge in [-0.25, -0.2) is 33.1 Å². The Morgan fingerprint density at radius 2 is 1.86 bits per heavy atom. The van der Waals surface area contributed by atoms with E-state index in [1.807, 2.05) is 0 Å². The summed E-state index contributed by atoms with van der Waals surface area (Å²) in [5.41, 5.74) is 0.0754. The molecule has 1 aliphatic rings. The van der Waals surface area contributed by atoms with Gasteiger partial charge in [0.1, 0.15) is 28.5 Å². The summed E-state index contributed by atoms with van der Waals surface area (Å²) in [6.07, 6.45) is -1.37. The second-order valence-electron chi connectivity index (χ2n) is 6.61. The molecular weight excluding hydrogens is 393 g/mol. The van der Waals surface area contributed by atoms with Crippen LogP contribution >= 0.6 is 11.6 Å². The molecule has 1 aromatic carbocycles. The van der Waals surface area contributed by atoms with Gasteiger partial charge in [-0.3, -0.25) is 0 Å². The van der Waals surface area contributed by atoms with Crippen molar-refractivity contribution in [3.05, 3.63) is 46.3 Å². The van der Waals surface area contributed by atoms with E-state index in [2.05, 4.69) is 19.9 Å². The van der Waals surface area contributed by atoms with Crippen LogP contribution in [-0.4, -0.2) is 33.1 Å². The fraction of sp³-hybridized carbons (Fsp3) is 0.368. The third-order valence-corrected chi connectivity index (χ3v) is 4.97. The van der Waals surface area contributed by atoms with Crippen LogP contribution in [0.15, 0.2) is 18.2 Å². The predicted octanol–water partition coefficient (Wildman–Crippen LogP) is 5.02. The summed E-state index contributed by atoms with van der Waals surface area (Å²) in [6, 6.07) is 4.11. The van der Waals surface area contributed by atoms with Crippen LogP contribution in [0, 0.1) is 12.7 Å². The lowest BCUT2D eigenvalue weighted by atomic mass is 9.99. The van der Waals surface area contributed by atoms with Gasteiger partial charge in [-0.2, -0.15) is 0 Å². The minimum absolute atomic E-state index is 0.0177. The van der Waals surface area contributed by atoms with E-state index in [9.17, 15) is 13.2 Å². The Balaban J connectivity index is 1.98. The average molecular weight is 409 g/mol. The van der Waals surface area contributed by atoms with Crippen LogP contribution in [0.25, 0.3) is 22.4 Å². The van der Waals surface area contributed by atoms with Gasteiger partial charge in [-0.1, -0.05) is 11.6 Å². The zero-order chi connectivity index (χ0) is 19.8. The van der Waals surface area contributed by atoms with E-state index >= 15 is 0 Å². The molecule has 0 aliphatic carbocycles. The van der Waals surface area contributed by atoms with Crippen LogP contribution in [0.2, 0.25) is 5.02 Å². The standard InChI is InChI=1S/C19H16ClF3N4O/c1-9-14(17(22)23)25-16-15(12-3-2-11(20)8-13(12)21)26-18(27-19(16)24-9)10-4-6-28-7-5-10/h2-3,8,10,17H,4-7H2,1H3. The maximum absolute atomic E-state index is 14.6. The van der Waals surface area contributed by atoms with Crippen molar-refractivity contribution in [2.45, 2.75) is 32.1 Å². The van der Waals surface area contributed by atoms with Crippen molar-refractivity contribution in [2.24, 2.45) is 0 Å². The fourth-order valence-corrected chi connectivity index (χ4v) is 3.43. The minimum Gasteiger partial charge on any atom is -0.381 e. The average Bonchev–Trinajstić information content (AvgIpc) is 2.67. The Kier molecular flexibility index (Phi) is 5.16. The molecule has 2 aromatic heterocycles. The van der Waals surface area contributed by atoms with E-state index in [0.717, 1.165) is 18.9 Å². The van der Waals surface area contributed by atoms with Crippen molar-refractivity contribution in [3.8, 4) is 11.3 Å². The second kappa shape index (κ2) is 7.60. The number of halogens is 4. The third kappa shape index (κ3) is 3.54. The molecule has 0 unspecified atom stereocenters. The van der Waals surface area contributed by atoms with Gasteiger partial charge in [0.2, 0.25) is 0 Å². The van der Waals surface area contributed by atoms with Crippen molar-refractivity contribution >= 4 is 22.8 Å². The van der Waals surface area contributed by atoms with Crippen LogP contribution in [0.3, 0.4) is 0 Å². The van der Waals surface area contributed by atoms with Crippen molar-refractivity contribution in [1.82, 2.24) is 19.9 Å². The van der Waals surface area contributed by atoms with Crippen LogP contribution in [0.5, 0.6) is 0 Å². The van der Waals surface area contributed by atoms with E-state index < -0.39 is 17.9 Å². The molecule has 0 radical (unpaired) electrons. The molecule has 0 spiro atoms. The van der Waals surface area contributed by atoms with Gasteiger partial charge in [0.25, 0.3) is 6.43 Å². The predicted molar refractivity (Wildman–Crippen MR) is 98.0 cm³/mol. The SMILES string of the molecule is Cc1nc2nc(C3CCOCC3)nc(-c3ccc(Cl)cc3F)c2nc1C(F)F. The number of rotatable bonds is 3. The number of hydrogen-bond donors (Lipinski definition) is 0. The highest BCUT2D eigenvalue weighted by Crippen LogP contribution is 2.33. The van der Waals surface area contributed by atoms with Gasteiger partial charge < -0.3 is 4.74 Å². The summed E-state index contributed by atoms with van der Waals surface area (Å²) < 4.78 is 46.7. The quantitative estimate of drug-likeness (QED) is 0.609. The zero-order valence-corrected chi connectivity index (χ0v) is 15.7. The molecule has 5 nitrogen and oxygen atoms in total. The molecule has 1 saturated heterocycles. The summed E-state index contributed by atoms with van der Waals surface area (Å²) >= 11 is 5.85. The van der Waals surface area contributed by atoms with Crippen molar-refractivity contribution in [2.75, 3.05) is 13.2 Å². The maximum atomic E-state index is 14.6. The highest BCUT2D eigenvalue weighted by Gasteiger charge is 2.25.